The van der Waals surface area contributed by atoms with Gasteiger partial charge in [-0.3, -0.25) is 9.69 Å². The lowest BCUT2D eigenvalue weighted by Gasteiger charge is -2.34. The van der Waals surface area contributed by atoms with Crippen LogP contribution in [0.15, 0.2) is 18.2 Å². The van der Waals surface area contributed by atoms with Gasteiger partial charge in [-0.1, -0.05) is 27.5 Å². The Morgan fingerprint density at radius 3 is 2.58 bits per heavy atom. The highest BCUT2D eigenvalue weighted by Crippen LogP contribution is 2.18. The van der Waals surface area contributed by atoms with Gasteiger partial charge in [0.2, 0.25) is 0 Å². The van der Waals surface area contributed by atoms with Crippen LogP contribution in [-0.2, 0) is 0 Å². The standard InChI is InChI=1S/C13H15BrClFN2O/c14-3-4-17-5-7-18(8-6-17)13(19)10-1-2-12(16)11(15)9-10/h1-2,9H,3-8H2. The van der Waals surface area contributed by atoms with Crippen molar-refractivity contribution < 1.29 is 9.18 Å². The van der Waals surface area contributed by atoms with Gasteiger partial charge in [0.25, 0.3) is 5.91 Å². The first-order chi connectivity index (χ1) is 9.11. The van der Waals surface area contributed by atoms with Gasteiger partial charge in [0, 0.05) is 43.6 Å². The van der Waals surface area contributed by atoms with E-state index < -0.39 is 5.82 Å². The van der Waals surface area contributed by atoms with Crippen molar-refractivity contribution in [3.8, 4) is 0 Å². The Bertz CT molecular complexity index is 464. The molecule has 1 heterocycles. The maximum atomic E-state index is 13.1. The van der Waals surface area contributed by atoms with Crippen molar-refractivity contribution in [3.63, 3.8) is 0 Å². The number of halogens is 3. The summed E-state index contributed by atoms with van der Waals surface area (Å²) in [7, 11) is 0. The van der Waals surface area contributed by atoms with E-state index in [0.717, 1.165) is 25.0 Å². The van der Waals surface area contributed by atoms with Gasteiger partial charge >= 0.3 is 0 Å². The fraction of sp³-hybridized carbons (Fsp3) is 0.462. The van der Waals surface area contributed by atoms with E-state index in [2.05, 4.69) is 20.8 Å². The van der Waals surface area contributed by atoms with Crippen LogP contribution in [0.5, 0.6) is 0 Å². The fourth-order valence-corrected chi connectivity index (χ4v) is 2.79. The molecular formula is C13H15BrClFN2O. The predicted octanol–water partition coefficient (Wildman–Crippen LogP) is 2.63. The highest BCUT2D eigenvalue weighted by Gasteiger charge is 2.22. The molecule has 1 fully saturated rings. The number of nitrogens with zero attached hydrogens (tertiary/aromatic N) is 2. The molecule has 2 rings (SSSR count). The van der Waals surface area contributed by atoms with Gasteiger partial charge in [-0.25, -0.2) is 4.39 Å². The number of hydrogen-bond acceptors (Lipinski definition) is 2. The molecule has 1 aliphatic rings. The summed E-state index contributed by atoms with van der Waals surface area (Å²) < 4.78 is 13.1. The summed E-state index contributed by atoms with van der Waals surface area (Å²) in [6.07, 6.45) is 0. The Balaban J connectivity index is 1.99. The lowest BCUT2D eigenvalue weighted by atomic mass is 10.1. The molecule has 0 atom stereocenters. The second-order valence-corrected chi connectivity index (χ2v) is 5.65. The number of piperazine rings is 1. The van der Waals surface area contributed by atoms with Crippen LogP contribution < -0.4 is 0 Å². The van der Waals surface area contributed by atoms with E-state index in [0.29, 0.717) is 18.7 Å². The molecule has 1 aliphatic heterocycles. The number of benzene rings is 1. The quantitative estimate of drug-likeness (QED) is 0.783. The highest BCUT2D eigenvalue weighted by atomic mass is 79.9. The number of amides is 1. The van der Waals surface area contributed by atoms with Gasteiger partial charge in [-0.15, -0.1) is 0 Å². The molecule has 0 aromatic heterocycles. The number of alkyl halides is 1. The first-order valence-corrected chi connectivity index (χ1v) is 7.64. The van der Waals surface area contributed by atoms with Crippen molar-refractivity contribution in [1.29, 1.82) is 0 Å². The minimum Gasteiger partial charge on any atom is -0.336 e. The van der Waals surface area contributed by atoms with Crippen molar-refractivity contribution in [2.75, 3.05) is 38.1 Å². The van der Waals surface area contributed by atoms with E-state index in [9.17, 15) is 9.18 Å². The summed E-state index contributed by atoms with van der Waals surface area (Å²) in [6, 6.07) is 4.11. The third-order valence-corrected chi connectivity index (χ3v) is 3.87. The molecule has 19 heavy (non-hydrogen) atoms. The van der Waals surface area contributed by atoms with Gasteiger partial charge in [0.05, 0.1) is 5.02 Å². The summed E-state index contributed by atoms with van der Waals surface area (Å²) in [4.78, 5) is 16.3. The van der Waals surface area contributed by atoms with Gasteiger partial charge in [-0.2, -0.15) is 0 Å². The van der Waals surface area contributed by atoms with E-state index in [-0.39, 0.29) is 10.9 Å². The lowest BCUT2D eigenvalue weighted by Crippen LogP contribution is -2.49. The van der Waals surface area contributed by atoms with E-state index in [1.165, 1.54) is 18.2 Å². The maximum Gasteiger partial charge on any atom is 0.253 e. The van der Waals surface area contributed by atoms with E-state index in [1.807, 2.05) is 0 Å². The Morgan fingerprint density at radius 1 is 1.32 bits per heavy atom. The molecule has 1 saturated heterocycles. The van der Waals surface area contributed by atoms with Crippen molar-refractivity contribution in [2.24, 2.45) is 0 Å². The zero-order chi connectivity index (χ0) is 13.8. The molecule has 0 unspecified atom stereocenters. The van der Waals surface area contributed by atoms with E-state index in [1.54, 1.807) is 4.90 Å². The molecule has 0 saturated carbocycles. The first kappa shape index (κ1) is 14.8. The summed E-state index contributed by atoms with van der Waals surface area (Å²) in [5, 5.41) is 0.929. The van der Waals surface area contributed by atoms with Gasteiger partial charge < -0.3 is 4.90 Å². The average molecular weight is 350 g/mol. The number of carbonyl (C=O) groups is 1. The summed E-state index contributed by atoms with van der Waals surface area (Å²) >= 11 is 9.11. The first-order valence-electron chi connectivity index (χ1n) is 6.14. The minimum absolute atomic E-state index is 0.0104. The minimum atomic E-state index is -0.500. The van der Waals surface area contributed by atoms with Crippen LogP contribution in [0.4, 0.5) is 4.39 Å². The molecule has 1 amide bonds. The fourth-order valence-electron chi connectivity index (χ4n) is 2.11. The normalized spacial score (nSPS) is 16.7. The molecule has 0 bridgehead atoms. The number of carbonyl (C=O) groups excluding carboxylic acids is 1. The van der Waals surface area contributed by atoms with Crippen molar-refractivity contribution in [1.82, 2.24) is 9.80 Å². The van der Waals surface area contributed by atoms with Crippen LogP contribution in [-0.4, -0.2) is 53.8 Å². The predicted molar refractivity (Wildman–Crippen MR) is 77.5 cm³/mol. The van der Waals surface area contributed by atoms with E-state index >= 15 is 0 Å². The van der Waals surface area contributed by atoms with Crippen LogP contribution >= 0.6 is 27.5 Å². The largest absolute Gasteiger partial charge is 0.336 e. The SMILES string of the molecule is O=C(c1ccc(F)c(Cl)c1)N1CCN(CCBr)CC1. The van der Waals surface area contributed by atoms with E-state index in [4.69, 9.17) is 11.6 Å². The summed E-state index contributed by atoms with van der Waals surface area (Å²) in [6.45, 7) is 4.12. The Morgan fingerprint density at radius 2 is 2.00 bits per heavy atom. The molecular weight excluding hydrogens is 335 g/mol. The lowest BCUT2D eigenvalue weighted by molar-refractivity contribution is 0.0645. The van der Waals surface area contributed by atoms with Gasteiger partial charge in [0.15, 0.2) is 0 Å². The topological polar surface area (TPSA) is 23.6 Å². The second-order valence-electron chi connectivity index (χ2n) is 4.45. The number of rotatable bonds is 3. The Labute approximate surface area is 125 Å². The molecule has 0 aliphatic carbocycles. The Kier molecular flexibility index (Phi) is 5.19. The number of hydrogen-bond donors (Lipinski definition) is 0. The van der Waals surface area contributed by atoms with Gasteiger partial charge in [0.1, 0.15) is 5.82 Å². The van der Waals surface area contributed by atoms with Crippen LogP contribution in [0.1, 0.15) is 10.4 Å². The molecule has 0 N–H and O–H groups in total. The average Bonchev–Trinajstić information content (AvgIpc) is 2.42. The van der Waals surface area contributed by atoms with Crippen molar-refractivity contribution in [2.45, 2.75) is 0 Å². The molecule has 0 radical (unpaired) electrons. The highest BCUT2D eigenvalue weighted by molar-refractivity contribution is 9.09. The third-order valence-electron chi connectivity index (χ3n) is 3.23. The monoisotopic (exact) mass is 348 g/mol. The van der Waals surface area contributed by atoms with Crippen LogP contribution in [0.3, 0.4) is 0 Å². The molecule has 6 heteroatoms. The smallest absolute Gasteiger partial charge is 0.253 e. The summed E-state index contributed by atoms with van der Waals surface area (Å²) in [5.74, 6) is -0.583. The van der Waals surface area contributed by atoms with Crippen LogP contribution in [0.25, 0.3) is 0 Å². The van der Waals surface area contributed by atoms with Crippen molar-refractivity contribution in [3.05, 3.63) is 34.6 Å². The Hall–Kier alpha value is -0.650. The molecule has 1 aromatic carbocycles. The summed E-state index contributed by atoms with van der Waals surface area (Å²) in [5.41, 5.74) is 0.445. The second kappa shape index (κ2) is 6.68. The van der Waals surface area contributed by atoms with Gasteiger partial charge in [-0.05, 0) is 18.2 Å². The third kappa shape index (κ3) is 3.68. The zero-order valence-corrected chi connectivity index (χ0v) is 12.8. The molecule has 0 spiro atoms. The molecule has 1 aromatic rings. The molecule has 104 valence electrons. The molecule has 3 nitrogen and oxygen atoms in total. The zero-order valence-electron chi connectivity index (χ0n) is 10.4. The van der Waals surface area contributed by atoms with Crippen molar-refractivity contribution >= 4 is 33.4 Å². The van der Waals surface area contributed by atoms with Crippen LogP contribution in [0, 0.1) is 5.82 Å². The maximum absolute atomic E-state index is 13.1. The van der Waals surface area contributed by atoms with Crippen LogP contribution in [0.2, 0.25) is 5.02 Å².